The van der Waals surface area contributed by atoms with E-state index in [0.29, 0.717) is 28.0 Å². The van der Waals surface area contributed by atoms with Crippen LogP contribution in [0.2, 0.25) is 0 Å². The lowest BCUT2D eigenvalue weighted by atomic mass is 9.87. The fourth-order valence-electron chi connectivity index (χ4n) is 4.51. The minimum atomic E-state index is -0.193. The lowest BCUT2D eigenvalue weighted by Gasteiger charge is -2.18. The topological polar surface area (TPSA) is 75.3 Å². The second-order valence-electron chi connectivity index (χ2n) is 10.8. The molecule has 0 saturated heterocycles. The highest BCUT2D eigenvalue weighted by atomic mass is 16.3. The lowest BCUT2D eigenvalue weighted by Crippen LogP contribution is -2.23. The van der Waals surface area contributed by atoms with Crippen molar-refractivity contribution < 1.29 is 10.2 Å². The molecule has 0 fully saturated rings. The molecule has 2 N–H and O–H groups in total. The van der Waals surface area contributed by atoms with E-state index in [9.17, 15) is 15.0 Å². The fourth-order valence-corrected chi connectivity index (χ4v) is 4.51. The molecule has 0 spiro atoms. The average molecular weight is 527 g/mol. The normalized spacial score (nSPS) is 11.5. The zero-order valence-electron chi connectivity index (χ0n) is 22.9. The van der Waals surface area contributed by atoms with Gasteiger partial charge in [0.25, 0.3) is 5.56 Å². The summed E-state index contributed by atoms with van der Waals surface area (Å²) in [4.78, 5) is 18.5. The summed E-state index contributed by atoms with van der Waals surface area (Å²) in [6.45, 7) is 8.51. The molecule has 0 unspecified atom stereocenters. The van der Waals surface area contributed by atoms with Crippen molar-refractivity contribution in [2.75, 3.05) is 0 Å². The number of hydrogen-bond donors (Lipinski definition) is 2. The Bertz CT molecular complexity index is 1880. The van der Waals surface area contributed by atoms with Crippen LogP contribution >= 0.6 is 0 Å². The van der Waals surface area contributed by atoms with Crippen LogP contribution in [0.15, 0.2) is 89.7 Å². The molecular formula is C35H30N2O3. The van der Waals surface area contributed by atoms with E-state index in [2.05, 4.69) is 44.7 Å². The van der Waals surface area contributed by atoms with Gasteiger partial charge in [-0.25, -0.2) is 4.98 Å². The Morgan fingerprint density at radius 1 is 0.825 bits per heavy atom. The number of hydrogen-bond acceptors (Lipinski definition) is 4. The van der Waals surface area contributed by atoms with Crippen molar-refractivity contribution >= 4 is 23.1 Å². The minimum absolute atomic E-state index is 0.0314. The van der Waals surface area contributed by atoms with Gasteiger partial charge in [-0.3, -0.25) is 9.36 Å². The third-order valence-electron chi connectivity index (χ3n) is 6.77. The molecule has 5 heteroatoms. The molecule has 0 atom stereocenters. The number of phenolic OH excluding ortho intramolecular Hbond substituents is 2. The minimum Gasteiger partial charge on any atom is -0.508 e. The predicted molar refractivity (Wildman–Crippen MR) is 162 cm³/mol. The number of nitrogens with zero attached hydrogens (tertiary/aromatic N) is 2. The van der Waals surface area contributed by atoms with E-state index in [-0.39, 0.29) is 22.5 Å². The van der Waals surface area contributed by atoms with Gasteiger partial charge in [0.1, 0.15) is 17.3 Å². The van der Waals surface area contributed by atoms with Crippen molar-refractivity contribution in [3.05, 3.63) is 129 Å². The standard InChI is InChI=1S/C35H30N2O3/c1-23-21-25(10-9-24-11-16-27(17-12-24)35(2,3)4)13-19-31(23)37-33(20-15-26-14-18-28(38)22-32(26)39)36-30-8-6-5-7-29(30)34(37)40/h5-8,11-22,38-39H,1-4H3. The summed E-state index contributed by atoms with van der Waals surface area (Å²) in [7, 11) is 0. The van der Waals surface area contributed by atoms with Gasteiger partial charge in [0.05, 0.1) is 16.6 Å². The van der Waals surface area contributed by atoms with Crippen LogP contribution < -0.4 is 5.56 Å². The van der Waals surface area contributed by atoms with Crippen LogP contribution in [0, 0.1) is 18.8 Å². The highest BCUT2D eigenvalue weighted by molar-refractivity contribution is 5.80. The van der Waals surface area contributed by atoms with Gasteiger partial charge in [-0.1, -0.05) is 56.9 Å². The van der Waals surface area contributed by atoms with Gasteiger partial charge in [0, 0.05) is 22.8 Å². The van der Waals surface area contributed by atoms with E-state index in [1.165, 1.54) is 17.7 Å². The van der Waals surface area contributed by atoms with Crippen LogP contribution in [-0.4, -0.2) is 19.8 Å². The number of aromatic nitrogens is 2. The largest absolute Gasteiger partial charge is 0.508 e. The summed E-state index contributed by atoms with van der Waals surface area (Å²) in [5.41, 5.74) is 5.57. The molecule has 0 aliphatic carbocycles. The van der Waals surface area contributed by atoms with Gasteiger partial charge < -0.3 is 10.2 Å². The Kier molecular flexibility index (Phi) is 7.02. The Labute approximate surface area is 233 Å². The molecule has 0 saturated carbocycles. The van der Waals surface area contributed by atoms with Gasteiger partial charge in [0.2, 0.25) is 0 Å². The van der Waals surface area contributed by atoms with Gasteiger partial charge in [-0.15, -0.1) is 0 Å². The maximum absolute atomic E-state index is 13.7. The average Bonchev–Trinajstić information content (AvgIpc) is 2.92. The van der Waals surface area contributed by atoms with Crippen molar-refractivity contribution in [2.24, 2.45) is 0 Å². The number of fused-ring (bicyclic) bond motifs is 1. The quantitative estimate of drug-likeness (QED) is 0.249. The van der Waals surface area contributed by atoms with Crippen LogP contribution in [0.25, 0.3) is 28.7 Å². The molecule has 5 aromatic rings. The lowest BCUT2D eigenvalue weighted by molar-refractivity contribution is 0.450. The van der Waals surface area contributed by atoms with E-state index in [4.69, 9.17) is 4.98 Å². The molecule has 5 rings (SSSR count). The Balaban J connectivity index is 1.55. The van der Waals surface area contributed by atoms with E-state index in [1.54, 1.807) is 34.9 Å². The zero-order valence-corrected chi connectivity index (χ0v) is 22.9. The molecule has 0 bridgehead atoms. The van der Waals surface area contributed by atoms with Gasteiger partial charge in [0.15, 0.2) is 0 Å². The molecule has 0 aliphatic heterocycles. The molecule has 4 aromatic carbocycles. The number of benzene rings is 4. The molecule has 1 heterocycles. The smallest absolute Gasteiger partial charge is 0.266 e. The molecule has 5 nitrogen and oxygen atoms in total. The van der Waals surface area contributed by atoms with Gasteiger partial charge >= 0.3 is 0 Å². The van der Waals surface area contributed by atoms with E-state index < -0.39 is 0 Å². The van der Waals surface area contributed by atoms with Gasteiger partial charge in [-0.2, -0.15) is 0 Å². The first-order valence-electron chi connectivity index (χ1n) is 13.1. The summed E-state index contributed by atoms with van der Waals surface area (Å²) >= 11 is 0. The van der Waals surface area contributed by atoms with E-state index in [1.807, 2.05) is 49.4 Å². The molecule has 0 radical (unpaired) electrons. The maximum atomic E-state index is 13.7. The number of para-hydroxylation sites is 1. The van der Waals surface area contributed by atoms with Crippen molar-refractivity contribution in [1.82, 2.24) is 9.55 Å². The molecule has 0 amide bonds. The van der Waals surface area contributed by atoms with Crippen molar-refractivity contribution in [1.29, 1.82) is 0 Å². The summed E-state index contributed by atoms with van der Waals surface area (Å²) in [5.74, 6) is 6.79. The monoisotopic (exact) mass is 526 g/mol. The zero-order chi connectivity index (χ0) is 28.4. The molecular weight excluding hydrogens is 496 g/mol. The Morgan fingerprint density at radius 3 is 2.23 bits per heavy atom. The Hall–Kier alpha value is -5.08. The fraction of sp³-hybridized carbons (Fsp3) is 0.143. The molecule has 40 heavy (non-hydrogen) atoms. The van der Waals surface area contributed by atoms with E-state index in [0.717, 1.165) is 16.7 Å². The summed E-state index contributed by atoms with van der Waals surface area (Å²) in [6, 6.07) is 25.6. The second kappa shape index (κ2) is 10.6. The van der Waals surface area contributed by atoms with Crippen LogP contribution in [-0.2, 0) is 5.41 Å². The van der Waals surface area contributed by atoms with Crippen LogP contribution in [0.1, 0.15) is 54.4 Å². The summed E-state index contributed by atoms with van der Waals surface area (Å²) < 4.78 is 1.58. The van der Waals surface area contributed by atoms with Crippen molar-refractivity contribution in [3.8, 4) is 29.0 Å². The summed E-state index contributed by atoms with van der Waals surface area (Å²) in [6.07, 6.45) is 3.36. The Morgan fingerprint density at radius 2 is 1.52 bits per heavy atom. The van der Waals surface area contributed by atoms with Crippen molar-refractivity contribution in [3.63, 3.8) is 0 Å². The van der Waals surface area contributed by atoms with Crippen LogP contribution in [0.3, 0.4) is 0 Å². The summed E-state index contributed by atoms with van der Waals surface area (Å²) in [5, 5.41) is 20.3. The molecule has 0 aliphatic rings. The first-order chi connectivity index (χ1) is 19.1. The van der Waals surface area contributed by atoms with Crippen LogP contribution in [0.5, 0.6) is 11.5 Å². The number of phenols is 2. The van der Waals surface area contributed by atoms with Crippen molar-refractivity contribution in [2.45, 2.75) is 33.1 Å². The number of aryl methyl sites for hydroxylation is 1. The number of rotatable bonds is 3. The predicted octanol–water partition coefficient (Wildman–Crippen LogP) is 6.97. The SMILES string of the molecule is Cc1cc(C#Cc2ccc(C(C)(C)C)cc2)ccc1-n1c(C=Cc2ccc(O)cc2O)nc2ccccc2c1=O. The third kappa shape index (κ3) is 5.52. The third-order valence-corrected chi connectivity index (χ3v) is 6.77. The maximum Gasteiger partial charge on any atom is 0.266 e. The van der Waals surface area contributed by atoms with Gasteiger partial charge in [-0.05, 0) is 90.2 Å². The molecule has 198 valence electrons. The first kappa shape index (κ1) is 26.5. The van der Waals surface area contributed by atoms with E-state index >= 15 is 0 Å². The van der Waals surface area contributed by atoms with Crippen LogP contribution in [0.4, 0.5) is 0 Å². The first-order valence-corrected chi connectivity index (χ1v) is 13.1. The highest BCUT2D eigenvalue weighted by Gasteiger charge is 2.14. The number of aromatic hydroxyl groups is 2. The second-order valence-corrected chi connectivity index (χ2v) is 10.8. The molecule has 1 aromatic heterocycles. The highest BCUT2D eigenvalue weighted by Crippen LogP contribution is 2.25.